The fourth-order valence-corrected chi connectivity index (χ4v) is 3.04. The van der Waals surface area contributed by atoms with Crippen LogP contribution in [0, 0.1) is 5.92 Å². The van der Waals surface area contributed by atoms with Crippen molar-refractivity contribution >= 4 is 0 Å². The summed E-state index contributed by atoms with van der Waals surface area (Å²) >= 11 is 0. The summed E-state index contributed by atoms with van der Waals surface area (Å²) in [6.07, 6.45) is 5.56. The number of nitrogens with zero attached hydrogens (tertiary/aromatic N) is 2. The minimum Gasteiger partial charge on any atom is -0.330 e. The van der Waals surface area contributed by atoms with Gasteiger partial charge in [-0.2, -0.15) is 0 Å². The Hall–Kier alpha value is -0.930. The average molecular weight is 247 g/mol. The molecular weight excluding hydrogens is 222 g/mol. The Labute approximate surface area is 110 Å². The highest BCUT2D eigenvalue weighted by Crippen LogP contribution is 2.33. The van der Waals surface area contributed by atoms with E-state index < -0.39 is 0 Å². The largest absolute Gasteiger partial charge is 0.330 e. The summed E-state index contributed by atoms with van der Waals surface area (Å²) in [5, 5.41) is 0. The lowest BCUT2D eigenvalue weighted by Gasteiger charge is -2.45. The third-order valence-corrected chi connectivity index (χ3v) is 4.11. The van der Waals surface area contributed by atoms with Gasteiger partial charge in [0.2, 0.25) is 0 Å². The molecule has 1 aromatic rings. The van der Waals surface area contributed by atoms with E-state index in [1.807, 2.05) is 12.3 Å². The Morgan fingerprint density at radius 3 is 2.89 bits per heavy atom. The van der Waals surface area contributed by atoms with Gasteiger partial charge in [-0.05, 0) is 64.3 Å². The second-order valence-corrected chi connectivity index (χ2v) is 5.99. The fraction of sp³-hybridized carbons (Fsp3) is 0.667. The van der Waals surface area contributed by atoms with Crippen molar-refractivity contribution in [3.8, 4) is 0 Å². The zero-order chi connectivity index (χ0) is 13.0. The van der Waals surface area contributed by atoms with Crippen LogP contribution in [0.1, 0.15) is 38.8 Å². The molecule has 2 N–H and O–H groups in total. The SMILES string of the molecule is CC1(C)CC(CCN)CCN1Cc1ccccn1. The molecule has 2 rings (SSSR count). The first kappa shape index (κ1) is 13.5. The van der Waals surface area contributed by atoms with Crippen LogP contribution in [0.4, 0.5) is 0 Å². The van der Waals surface area contributed by atoms with Gasteiger partial charge in [-0.15, -0.1) is 0 Å². The maximum atomic E-state index is 5.68. The molecule has 0 aromatic carbocycles. The summed E-state index contributed by atoms with van der Waals surface area (Å²) < 4.78 is 0. The zero-order valence-corrected chi connectivity index (χ0v) is 11.6. The van der Waals surface area contributed by atoms with Gasteiger partial charge in [0, 0.05) is 18.3 Å². The van der Waals surface area contributed by atoms with Gasteiger partial charge in [-0.1, -0.05) is 6.07 Å². The summed E-state index contributed by atoms with van der Waals surface area (Å²) in [7, 11) is 0. The number of hydrogen-bond acceptors (Lipinski definition) is 3. The summed E-state index contributed by atoms with van der Waals surface area (Å²) in [5.74, 6) is 0.796. The van der Waals surface area contributed by atoms with Crippen LogP contribution in [0.25, 0.3) is 0 Å². The van der Waals surface area contributed by atoms with Crippen LogP contribution < -0.4 is 5.73 Å². The van der Waals surface area contributed by atoms with E-state index in [9.17, 15) is 0 Å². The third kappa shape index (κ3) is 3.30. The van der Waals surface area contributed by atoms with Crippen LogP contribution in [-0.4, -0.2) is 28.5 Å². The number of nitrogens with two attached hydrogens (primary N) is 1. The molecule has 1 atom stereocenters. The predicted octanol–water partition coefficient (Wildman–Crippen LogP) is 2.42. The van der Waals surface area contributed by atoms with Gasteiger partial charge in [-0.3, -0.25) is 9.88 Å². The van der Waals surface area contributed by atoms with E-state index in [0.29, 0.717) is 0 Å². The molecule has 0 aliphatic carbocycles. The first-order chi connectivity index (χ1) is 8.62. The van der Waals surface area contributed by atoms with Crippen LogP contribution in [0.3, 0.4) is 0 Å². The van der Waals surface area contributed by atoms with Crippen LogP contribution in [0.5, 0.6) is 0 Å². The number of rotatable bonds is 4. The highest BCUT2D eigenvalue weighted by atomic mass is 15.2. The molecule has 1 aliphatic heterocycles. The van der Waals surface area contributed by atoms with Crippen LogP contribution in [-0.2, 0) is 6.54 Å². The van der Waals surface area contributed by atoms with Gasteiger partial charge in [0.15, 0.2) is 0 Å². The van der Waals surface area contributed by atoms with Crippen molar-refractivity contribution in [1.82, 2.24) is 9.88 Å². The number of aromatic nitrogens is 1. The van der Waals surface area contributed by atoms with Crippen molar-refractivity contribution in [3.05, 3.63) is 30.1 Å². The van der Waals surface area contributed by atoms with Crippen molar-refractivity contribution in [3.63, 3.8) is 0 Å². The zero-order valence-electron chi connectivity index (χ0n) is 11.6. The fourth-order valence-electron chi connectivity index (χ4n) is 3.04. The molecule has 3 heteroatoms. The lowest BCUT2D eigenvalue weighted by Crippen LogP contribution is -2.49. The molecule has 1 fully saturated rings. The molecule has 1 aliphatic rings. The van der Waals surface area contributed by atoms with Crippen molar-refractivity contribution in [2.24, 2.45) is 11.7 Å². The van der Waals surface area contributed by atoms with E-state index in [0.717, 1.165) is 25.6 Å². The predicted molar refractivity (Wildman–Crippen MR) is 75.1 cm³/mol. The van der Waals surface area contributed by atoms with Gasteiger partial charge >= 0.3 is 0 Å². The molecule has 0 radical (unpaired) electrons. The summed E-state index contributed by atoms with van der Waals surface area (Å²) in [4.78, 5) is 6.99. The van der Waals surface area contributed by atoms with Crippen molar-refractivity contribution < 1.29 is 0 Å². The molecule has 1 aromatic heterocycles. The first-order valence-electron chi connectivity index (χ1n) is 6.97. The minimum atomic E-state index is 0.260. The van der Waals surface area contributed by atoms with E-state index in [1.165, 1.54) is 25.0 Å². The van der Waals surface area contributed by atoms with Crippen molar-refractivity contribution in [2.45, 2.75) is 45.2 Å². The van der Waals surface area contributed by atoms with Gasteiger partial charge in [0.05, 0.1) is 5.69 Å². The minimum absolute atomic E-state index is 0.260. The molecule has 2 heterocycles. The molecule has 3 nitrogen and oxygen atoms in total. The Bertz CT molecular complexity index is 361. The topological polar surface area (TPSA) is 42.1 Å². The van der Waals surface area contributed by atoms with Gasteiger partial charge < -0.3 is 5.73 Å². The summed E-state index contributed by atoms with van der Waals surface area (Å²) in [6.45, 7) is 7.63. The van der Waals surface area contributed by atoms with E-state index in [1.54, 1.807) is 0 Å². The standard InChI is InChI=1S/C15H25N3/c1-15(2)11-13(6-8-16)7-10-18(15)12-14-5-3-4-9-17-14/h3-5,9,13H,6-8,10-12,16H2,1-2H3. The van der Waals surface area contributed by atoms with Crippen LogP contribution in [0.2, 0.25) is 0 Å². The van der Waals surface area contributed by atoms with E-state index in [2.05, 4.69) is 35.9 Å². The summed E-state index contributed by atoms with van der Waals surface area (Å²) in [5.41, 5.74) is 7.11. The number of likely N-dealkylation sites (tertiary alicyclic amines) is 1. The molecular formula is C15H25N3. The summed E-state index contributed by atoms with van der Waals surface area (Å²) in [6, 6.07) is 6.15. The van der Waals surface area contributed by atoms with E-state index in [4.69, 9.17) is 5.73 Å². The normalized spacial score (nSPS) is 24.1. The van der Waals surface area contributed by atoms with Crippen molar-refractivity contribution in [1.29, 1.82) is 0 Å². The quantitative estimate of drug-likeness (QED) is 0.888. The maximum Gasteiger partial charge on any atom is 0.0544 e. The molecule has 18 heavy (non-hydrogen) atoms. The van der Waals surface area contributed by atoms with Crippen molar-refractivity contribution in [2.75, 3.05) is 13.1 Å². The lowest BCUT2D eigenvalue weighted by atomic mass is 9.81. The molecule has 0 saturated carbocycles. The number of pyridine rings is 1. The van der Waals surface area contributed by atoms with Crippen LogP contribution in [0.15, 0.2) is 24.4 Å². The first-order valence-corrected chi connectivity index (χ1v) is 6.97. The second kappa shape index (κ2) is 5.81. The molecule has 1 saturated heterocycles. The van der Waals surface area contributed by atoms with Gasteiger partial charge in [0.25, 0.3) is 0 Å². The lowest BCUT2D eigenvalue weighted by molar-refractivity contribution is 0.0369. The molecule has 0 bridgehead atoms. The third-order valence-electron chi connectivity index (χ3n) is 4.11. The average Bonchev–Trinajstić information content (AvgIpc) is 2.34. The van der Waals surface area contributed by atoms with Gasteiger partial charge in [-0.25, -0.2) is 0 Å². The number of hydrogen-bond donors (Lipinski definition) is 1. The Balaban J connectivity index is 1.98. The second-order valence-electron chi connectivity index (χ2n) is 5.99. The van der Waals surface area contributed by atoms with E-state index >= 15 is 0 Å². The smallest absolute Gasteiger partial charge is 0.0544 e. The molecule has 1 unspecified atom stereocenters. The maximum absolute atomic E-state index is 5.68. The molecule has 0 amide bonds. The number of piperidine rings is 1. The molecule has 100 valence electrons. The Kier molecular flexibility index (Phi) is 4.36. The van der Waals surface area contributed by atoms with Gasteiger partial charge in [0.1, 0.15) is 0 Å². The molecule has 0 spiro atoms. The Morgan fingerprint density at radius 1 is 1.44 bits per heavy atom. The highest BCUT2D eigenvalue weighted by Gasteiger charge is 2.34. The van der Waals surface area contributed by atoms with Crippen LogP contribution >= 0.6 is 0 Å². The highest BCUT2D eigenvalue weighted by molar-refractivity contribution is 5.05. The van der Waals surface area contributed by atoms with E-state index in [-0.39, 0.29) is 5.54 Å². The Morgan fingerprint density at radius 2 is 2.28 bits per heavy atom. The monoisotopic (exact) mass is 247 g/mol.